The number of hydrogen-bond donors (Lipinski definition) is 1. The van der Waals surface area contributed by atoms with E-state index in [9.17, 15) is 14.4 Å². The monoisotopic (exact) mass is 419 g/mol. The number of ether oxygens (including phenoxy) is 1. The van der Waals surface area contributed by atoms with E-state index in [-0.39, 0.29) is 17.7 Å². The fraction of sp³-hybridized carbons (Fsp3) is 0.0870. The lowest BCUT2D eigenvalue weighted by Gasteiger charge is -2.14. The number of nitrogens with zero attached hydrogens (tertiary/aromatic N) is 1. The van der Waals surface area contributed by atoms with Gasteiger partial charge in [0.05, 0.1) is 11.4 Å². The highest BCUT2D eigenvalue weighted by Gasteiger charge is 2.35. The third-order valence-electron chi connectivity index (χ3n) is 4.62. The van der Waals surface area contributed by atoms with Gasteiger partial charge in [-0.15, -0.1) is 0 Å². The minimum atomic E-state index is -1.06. The quantitative estimate of drug-likeness (QED) is 0.591. The first-order valence-electron chi connectivity index (χ1n) is 9.18. The third kappa shape index (κ3) is 4.21. The number of rotatable bonds is 6. The van der Waals surface area contributed by atoms with E-state index in [1.54, 1.807) is 30.3 Å². The molecule has 1 aliphatic rings. The molecule has 2 amide bonds. The van der Waals surface area contributed by atoms with Gasteiger partial charge < -0.3 is 9.84 Å². The summed E-state index contributed by atoms with van der Waals surface area (Å²) in [6.07, 6.45) is 1.65. The number of carboxylic acids is 1. The molecule has 3 aromatic rings. The first-order valence-corrected chi connectivity index (χ1v) is 9.99. The lowest BCUT2D eigenvalue weighted by molar-refractivity contribution is -0.139. The van der Waals surface area contributed by atoms with Crippen LogP contribution in [0, 0.1) is 0 Å². The van der Waals surface area contributed by atoms with Gasteiger partial charge in [-0.1, -0.05) is 54.6 Å². The van der Waals surface area contributed by atoms with E-state index < -0.39 is 12.6 Å². The van der Waals surface area contributed by atoms with Gasteiger partial charge in [0, 0.05) is 0 Å². The zero-order valence-electron chi connectivity index (χ0n) is 15.8. The van der Waals surface area contributed by atoms with Gasteiger partial charge in [-0.05, 0) is 51.9 Å². The number of benzene rings is 3. The Hall–Kier alpha value is -3.58. The van der Waals surface area contributed by atoms with E-state index >= 15 is 0 Å². The van der Waals surface area contributed by atoms with Crippen LogP contribution in [-0.2, 0) is 16.1 Å². The van der Waals surface area contributed by atoms with Crippen molar-refractivity contribution >= 4 is 45.7 Å². The Kier molecular flexibility index (Phi) is 5.54. The highest BCUT2D eigenvalue weighted by molar-refractivity contribution is 8.18. The SMILES string of the molecule is O=C(O)COc1ccc(/C=C2/SC(=O)N(Cc3cccc4ccccc34)C2=O)cc1. The van der Waals surface area contributed by atoms with Crippen molar-refractivity contribution in [3.05, 3.63) is 82.8 Å². The molecule has 6 nitrogen and oxygen atoms in total. The standard InChI is InChI=1S/C23H17NO5S/c25-21(26)14-29-18-10-8-15(9-11-18)12-20-22(27)24(23(28)30-20)13-17-6-3-5-16-4-1-2-7-19(16)17/h1-12H,13-14H2,(H,25,26)/b20-12+. The molecule has 7 heteroatoms. The average molecular weight is 419 g/mol. The number of carbonyl (C=O) groups excluding carboxylic acids is 2. The third-order valence-corrected chi connectivity index (χ3v) is 5.53. The van der Waals surface area contributed by atoms with Gasteiger partial charge in [0.25, 0.3) is 11.1 Å². The van der Waals surface area contributed by atoms with Crippen LogP contribution in [0.5, 0.6) is 5.75 Å². The Bertz CT molecular complexity index is 1160. The molecule has 3 aromatic carbocycles. The Morgan fingerprint density at radius 1 is 1.00 bits per heavy atom. The lowest BCUT2D eigenvalue weighted by Crippen LogP contribution is -2.27. The summed E-state index contributed by atoms with van der Waals surface area (Å²) in [5.41, 5.74) is 1.63. The molecular weight excluding hydrogens is 402 g/mol. The lowest BCUT2D eigenvalue weighted by atomic mass is 10.0. The maximum Gasteiger partial charge on any atom is 0.341 e. The van der Waals surface area contributed by atoms with Gasteiger partial charge in [-0.3, -0.25) is 14.5 Å². The summed E-state index contributed by atoms with van der Waals surface area (Å²) in [4.78, 5) is 37.5. The topological polar surface area (TPSA) is 83.9 Å². The first-order chi connectivity index (χ1) is 14.5. The van der Waals surface area contributed by atoms with E-state index in [4.69, 9.17) is 9.84 Å². The van der Waals surface area contributed by atoms with E-state index in [1.165, 1.54) is 4.90 Å². The number of hydrogen-bond acceptors (Lipinski definition) is 5. The molecule has 1 saturated heterocycles. The van der Waals surface area contributed by atoms with Crippen molar-refractivity contribution in [2.75, 3.05) is 6.61 Å². The number of thioether (sulfide) groups is 1. The minimum Gasteiger partial charge on any atom is -0.482 e. The molecule has 1 aliphatic heterocycles. The van der Waals surface area contributed by atoms with Crippen molar-refractivity contribution in [2.45, 2.75) is 6.54 Å². The summed E-state index contributed by atoms with van der Waals surface area (Å²) >= 11 is 0.909. The molecule has 0 unspecified atom stereocenters. The fourth-order valence-corrected chi connectivity index (χ4v) is 4.03. The predicted octanol–water partition coefficient (Wildman–Crippen LogP) is 4.54. The van der Waals surface area contributed by atoms with Crippen molar-refractivity contribution in [3.63, 3.8) is 0 Å². The Labute approximate surface area is 176 Å². The summed E-state index contributed by atoms with van der Waals surface area (Å²) in [6, 6.07) is 20.3. The number of amides is 2. The maximum absolute atomic E-state index is 12.8. The molecule has 0 spiro atoms. The van der Waals surface area contributed by atoms with E-state index in [0.29, 0.717) is 16.2 Å². The first kappa shape index (κ1) is 19.7. The summed E-state index contributed by atoms with van der Waals surface area (Å²) in [6.45, 7) is -0.211. The molecule has 150 valence electrons. The van der Waals surface area contributed by atoms with E-state index in [1.807, 2.05) is 42.5 Å². The molecule has 0 bridgehead atoms. The number of aliphatic carboxylic acids is 1. The van der Waals surface area contributed by atoms with Crippen LogP contribution in [-0.4, -0.2) is 33.7 Å². The van der Waals surface area contributed by atoms with E-state index in [2.05, 4.69) is 0 Å². The predicted molar refractivity (Wildman–Crippen MR) is 115 cm³/mol. The minimum absolute atomic E-state index is 0.214. The highest BCUT2D eigenvalue weighted by atomic mass is 32.2. The second kappa shape index (κ2) is 8.42. The van der Waals surface area contributed by atoms with Crippen molar-refractivity contribution in [1.82, 2.24) is 4.90 Å². The summed E-state index contributed by atoms with van der Waals surface area (Å²) in [5.74, 6) is -0.971. The molecular formula is C23H17NO5S. The van der Waals surface area contributed by atoms with Crippen LogP contribution in [0.25, 0.3) is 16.8 Å². The van der Waals surface area contributed by atoms with Gasteiger partial charge >= 0.3 is 5.97 Å². The molecule has 0 radical (unpaired) electrons. The van der Waals surface area contributed by atoms with Crippen LogP contribution < -0.4 is 4.74 Å². The van der Waals surface area contributed by atoms with E-state index in [0.717, 1.165) is 28.1 Å². The smallest absolute Gasteiger partial charge is 0.341 e. The molecule has 0 atom stereocenters. The fourth-order valence-electron chi connectivity index (χ4n) is 3.19. The molecule has 1 N–H and O–H groups in total. The van der Waals surface area contributed by atoms with Crippen LogP contribution in [0.4, 0.5) is 4.79 Å². The van der Waals surface area contributed by atoms with Crippen LogP contribution in [0.15, 0.2) is 71.6 Å². The zero-order chi connectivity index (χ0) is 21.1. The highest BCUT2D eigenvalue weighted by Crippen LogP contribution is 2.34. The van der Waals surface area contributed by atoms with Crippen molar-refractivity contribution in [1.29, 1.82) is 0 Å². The van der Waals surface area contributed by atoms with Crippen LogP contribution in [0.3, 0.4) is 0 Å². The number of carboxylic acid groups (broad SMARTS) is 1. The summed E-state index contributed by atoms with van der Waals surface area (Å²) < 4.78 is 5.09. The molecule has 30 heavy (non-hydrogen) atoms. The van der Waals surface area contributed by atoms with Crippen LogP contribution >= 0.6 is 11.8 Å². The van der Waals surface area contributed by atoms with Crippen molar-refractivity contribution < 1.29 is 24.2 Å². The number of carbonyl (C=O) groups is 3. The van der Waals surface area contributed by atoms with Crippen LogP contribution in [0.1, 0.15) is 11.1 Å². The molecule has 1 heterocycles. The molecule has 0 aliphatic carbocycles. The summed E-state index contributed by atoms with van der Waals surface area (Å²) in [7, 11) is 0. The van der Waals surface area contributed by atoms with Crippen LogP contribution in [0.2, 0.25) is 0 Å². The molecule has 1 fully saturated rings. The van der Waals surface area contributed by atoms with Gasteiger partial charge in [0.1, 0.15) is 5.75 Å². The largest absolute Gasteiger partial charge is 0.482 e. The average Bonchev–Trinajstić information content (AvgIpc) is 3.01. The maximum atomic E-state index is 12.8. The number of fused-ring (bicyclic) bond motifs is 1. The summed E-state index contributed by atoms with van der Waals surface area (Å²) in [5, 5.41) is 10.4. The number of imide groups is 1. The second-order valence-corrected chi connectivity index (χ2v) is 7.65. The Balaban J connectivity index is 1.51. The van der Waals surface area contributed by atoms with Crippen molar-refractivity contribution in [2.24, 2.45) is 0 Å². The normalized spacial score (nSPS) is 15.2. The Morgan fingerprint density at radius 3 is 2.50 bits per heavy atom. The van der Waals surface area contributed by atoms with Gasteiger partial charge in [0.2, 0.25) is 0 Å². The van der Waals surface area contributed by atoms with Crippen molar-refractivity contribution in [3.8, 4) is 5.75 Å². The Morgan fingerprint density at radius 2 is 1.73 bits per heavy atom. The van der Waals surface area contributed by atoms with Gasteiger partial charge in [0.15, 0.2) is 6.61 Å². The molecule has 4 rings (SSSR count). The second-order valence-electron chi connectivity index (χ2n) is 6.66. The van der Waals surface area contributed by atoms with Gasteiger partial charge in [-0.2, -0.15) is 0 Å². The molecule has 0 saturated carbocycles. The molecule has 0 aromatic heterocycles. The zero-order valence-corrected chi connectivity index (χ0v) is 16.6. The van der Waals surface area contributed by atoms with Gasteiger partial charge in [-0.25, -0.2) is 4.79 Å².